The first kappa shape index (κ1) is 17.0. The summed E-state index contributed by atoms with van der Waals surface area (Å²) in [6.07, 6.45) is 0. The first-order valence-electron chi connectivity index (χ1n) is 9.62. The van der Waals surface area contributed by atoms with Gasteiger partial charge >= 0.3 is 0 Å². The van der Waals surface area contributed by atoms with Crippen molar-refractivity contribution in [1.29, 1.82) is 0 Å². The summed E-state index contributed by atoms with van der Waals surface area (Å²) in [7, 11) is 0. The summed E-state index contributed by atoms with van der Waals surface area (Å²) < 4.78 is 8.60. The van der Waals surface area contributed by atoms with Crippen LogP contribution >= 0.6 is 0 Å². The number of para-hydroxylation sites is 2. The number of pyridine rings is 1. The van der Waals surface area contributed by atoms with Crippen LogP contribution in [0.25, 0.3) is 44.5 Å². The van der Waals surface area contributed by atoms with Crippen LogP contribution in [-0.4, -0.2) is 14.5 Å². The lowest BCUT2D eigenvalue weighted by Crippen LogP contribution is -2.22. The van der Waals surface area contributed by atoms with Gasteiger partial charge in [-0.05, 0) is 70.5 Å². The zero-order valence-corrected chi connectivity index (χ0v) is 16.9. The molecule has 4 heteroatoms. The zero-order chi connectivity index (χ0) is 19.6. The molecular weight excluding hydrogens is 346 g/mol. The van der Waals surface area contributed by atoms with Crippen LogP contribution in [0.4, 0.5) is 0 Å². The van der Waals surface area contributed by atoms with Gasteiger partial charge in [-0.3, -0.25) is 0 Å². The number of aromatic nitrogens is 3. The Labute approximate surface area is 163 Å². The third kappa shape index (κ3) is 2.37. The molecule has 140 valence electrons. The highest BCUT2D eigenvalue weighted by Gasteiger charge is 2.25. The third-order valence-corrected chi connectivity index (χ3v) is 5.31. The number of imidazole rings is 1. The van der Waals surface area contributed by atoms with Crippen LogP contribution < -0.4 is 0 Å². The average molecular weight is 369 g/mol. The minimum atomic E-state index is -0.122. The van der Waals surface area contributed by atoms with Crippen molar-refractivity contribution in [2.45, 2.75) is 40.2 Å². The molecule has 5 rings (SSSR count). The van der Waals surface area contributed by atoms with E-state index in [-0.39, 0.29) is 5.54 Å². The molecule has 0 atom stereocenters. The Bertz CT molecular complexity index is 1370. The van der Waals surface area contributed by atoms with Gasteiger partial charge in [-0.1, -0.05) is 18.2 Å². The second kappa shape index (κ2) is 5.68. The van der Waals surface area contributed by atoms with Gasteiger partial charge < -0.3 is 8.98 Å². The van der Waals surface area contributed by atoms with Crippen molar-refractivity contribution >= 4 is 33.1 Å². The first-order valence-corrected chi connectivity index (χ1v) is 9.62. The third-order valence-electron chi connectivity index (χ3n) is 5.31. The van der Waals surface area contributed by atoms with E-state index in [1.54, 1.807) is 0 Å². The fourth-order valence-electron chi connectivity index (χ4n) is 4.08. The molecule has 0 fully saturated rings. The Hall–Kier alpha value is -3.14. The van der Waals surface area contributed by atoms with Crippen molar-refractivity contribution < 1.29 is 4.42 Å². The molecule has 0 aliphatic heterocycles. The predicted molar refractivity (Wildman–Crippen MR) is 115 cm³/mol. The van der Waals surface area contributed by atoms with Gasteiger partial charge in [-0.25, -0.2) is 9.97 Å². The fraction of sp³-hybridized carbons (Fsp3) is 0.250. The van der Waals surface area contributed by atoms with E-state index in [2.05, 4.69) is 73.6 Å². The maximum Gasteiger partial charge on any atom is 0.227 e. The molecule has 0 bridgehead atoms. The molecule has 0 unspecified atom stereocenters. The lowest BCUT2D eigenvalue weighted by Gasteiger charge is -2.24. The van der Waals surface area contributed by atoms with E-state index < -0.39 is 0 Å². The van der Waals surface area contributed by atoms with Crippen LogP contribution in [0, 0.1) is 13.8 Å². The molecule has 0 saturated heterocycles. The zero-order valence-electron chi connectivity index (χ0n) is 16.9. The molecule has 28 heavy (non-hydrogen) atoms. The molecule has 3 heterocycles. The molecule has 0 N–H and O–H groups in total. The number of hydrogen-bond donors (Lipinski definition) is 0. The quantitative estimate of drug-likeness (QED) is 0.345. The highest BCUT2D eigenvalue weighted by atomic mass is 16.3. The van der Waals surface area contributed by atoms with E-state index in [9.17, 15) is 0 Å². The Balaban J connectivity index is 1.93. The Morgan fingerprint density at radius 2 is 1.68 bits per heavy atom. The minimum Gasteiger partial charge on any atom is -0.437 e. The number of rotatable bonds is 1. The van der Waals surface area contributed by atoms with E-state index in [1.807, 2.05) is 19.1 Å². The Morgan fingerprint density at radius 3 is 2.46 bits per heavy atom. The molecule has 4 nitrogen and oxygen atoms in total. The number of aryl methyl sites for hydroxylation is 2. The molecule has 0 radical (unpaired) electrons. The summed E-state index contributed by atoms with van der Waals surface area (Å²) in [5, 5.41) is 2.17. The van der Waals surface area contributed by atoms with Crippen LogP contribution in [0.5, 0.6) is 0 Å². The summed E-state index contributed by atoms with van der Waals surface area (Å²) in [4.78, 5) is 9.61. The summed E-state index contributed by atoms with van der Waals surface area (Å²) in [5.74, 6) is 0.925. The van der Waals surface area contributed by atoms with Gasteiger partial charge in [-0.2, -0.15) is 0 Å². The molecule has 0 amide bonds. The maximum atomic E-state index is 6.30. The van der Waals surface area contributed by atoms with Crippen molar-refractivity contribution in [1.82, 2.24) is 14.5 Å². The summed E-state index contributed by atoms with van der Waals surface area (Å²) >= 11 is 0. The number of hydrogen-bond acceptors (Lipinski definition) is 3. The van der Waals surface area contributed by atoms with E-state index in [4.69, 9.17) is 9.40 Å². The van der Waals surface area contributed by atoms with E-state index in [0.717, 1.165) is 44.5 Å². The number of nitrogens with zero attached hydrogens (tertiary/aromatic N) is 3. The van der Waals surface area contributed by atoms with Gasteiger partial charge in [0.2, 0.25) is 5.71 Å². The highest BCUT2D eigenvalue weighted by molar-refractivity contribution is 6.10. The fourth-order valence-corrected chi connectivity index (χ4v) is 4.08. The molecule has 2 aromatic carbocycles. The van der Waals surface area contributed by atoms with E-state index in [0.29, 0.717) is 5.71 Å². The van der Waals surface area contributed by atoms with Crippen molar-refractivity contribution in [3.8, 4) is 11.4 Å². The van der Waals surface area contributed by atoms with Crippen LogP contribution in [0.3, 0.4) is 0 Å². The highest BCUT2D eigenvalue weighted by Crippen LogP contribution is 2.39. The second-order valence-corrected chi connectivity index (χ2v) is 8.47. The molecule has 5 aromatic rings. The van der Waals surface area contributed by atoms with Crippen molar-refractivity contribution in [2.24, 2.45) is 0 Å². The lowest BCUT2D eigenvalue weighted by atomic mass is 10.0. The smallest absolute Gasteiger partial charge is 0.227 e. The molecule has 0 spiro atoms. The van der Waals surface area contributed by atoms with Crippen molar-refractivity contribution in [3.05, 3.63) is 59.8 Å². The van der Waals surface area contributed by atoms with Crippen molar-refractivity contribution in [2.75, 3.05) is 0 Å². The largest absolute Gasteiger partial charge is 0.437 e. The van der Waals surface area contributed by atoms with Gasteiger partial charge in [0.05, 0.1) is 16.6 Å². The van der Waals surface area contributed by atoms with Gasteiger partial charge in [0.15, 0.2) is 0 Å². The molecular formula is C24H23N3O. The Kier molecular flexibility index (Phi) is 3.45. The summed E-state index contributed by atoms with van der Waals surface area (Å²) in [5.41, 5.74) is 6.67. The van der Waals surface area contributed by atoms with Gasteiger partial charge in [0.1, 0.15) is 11.4 Å². The number of fused-ring (bicyclic) bond motifs is 4. The minimum absolute atomic E-state index is 0.122. The van der Waals surface area contributed by atoms with Gasteiger partial charge in [-0.15, -0.1) is 0 Å². The molecule has 0 aliphatic rings. The predicted octanol–water partition coefficient (Wildman–Crippen LogP) is 6.37. The van der Waals surface area contributed by atoms with Gasteiger partial charge in [0.25, 0.3) is 0 Å². The van der Waals surface area contributed by atoms with Crippen molar-refractivity contribution in [3.63, 3.8) is 0 Å². The molecule has 0 aliphatic carbocycles. The SMILES string of the molecule is Cc1ccc2c(n1)oc1c(-c3nc4ccccc4n3C(C)(C)C)ccc(C)c12. The maximum absolute atomic E-state index is 6.30. The van der Waals surface area contributed by atoms with Crippen LogP contribution in [0.2, 0.25) is 0 Å². The Morgan fingerprint density at radius 1 is 0.893 bits per heavy atom. The van der Waals surface area contributed by atoms with Crippen LogP contribution in [0.1, 0.15) is 32.0 Å². The second-order valence-electron chi connectivity index (χ2n) is 8.47. The van der Waals surface area contributed by atoms with Crippen LogP contribution in [0.15, 0.2) is 52.9 Å². The number of furan rings is 1. The summed E-state index contributed by atoms with van der Waals surface area (Å²) in [6.45, 7) is 10.7. The van der Waals surface area contributed by atoms with Gasteiger partial charge in [0, 0.05) is 22.0 Å². The monoisotopic (exact) mass is 369 g/mol. The first-order chi connectivity index (χ1) is 13.3. The number of benzene rings is 2. The standard InChI is InChI=1S/C24H23N3O/c1-14-10-12-17(21-20(14)16-13-11-15(2)25-23(16)28-21)22-26-18-8-6-7-9-19(18)27(22)24(3,4)5/h6-13H,1-5H3. The topological polar surface area (TPSA) is 43.9 Å². The van der Waals surface area contributed by atoms with E-state index >= 15 is 0 Å². The average Bonchev–Trinajstić information content (AvgIpc) is 3.20. The molecule has 3 aromatic heterocycles. The van der Waals surface area contributed by atoms with E-state index in [1.165, 1.54) is 5.56 Å². The summed E-state index contributed by atoms with van der Waals surface area (Å²) in [6, 6.07) is 16.7. The lowest BCUT2D eigenvalue weighted by molar-refractivity contribution is 0.413. The molecule has 0 saturated carbocycles. The van der Waals surface area contributed by atoms with Crippen LogP contribution in [-0.2, 0) is 5.54 Å². The normalized spacial score (nSPS) is 12.5.